The van der Waals surface area contributed by atoms with Crippen molar-refractivity contribution in [3.63, 3.8) is 0 Å². The third-order valence-electron chi connectivity index (χ3n) is 3.91. The molecule has 1 heterocycles. The summed E-state index contributed by atoms with van der Waals surface area (Å²) in [4.78, 5) is 15.4. The second-order valence-electron chi connectivity index (χ2n) is 6.83. The predicted molar refractivity (Wildman–Crippen MR) is 115 cm³/mol. The van der Waals surface area contributed by atoms with Gasteiger partial charge in [0.05, 0.1) is 12.2 Å². The maximum absolute atomic E-state index is 12.9. The number of pyridine rings is 1. The highest BCUT2D eigenvalue weighted by Gasteiger charge is 2.35. The molecule has 0 saturated heterocycles. The molecule has 0 spiro atoms. The van der Waals surface area contributed by atoms with Gasteiger partial charge in [0, 0.05) is 31.0 Å². The number of benzene rings is 1. The zero-order valence-corrected chi connectivity index (χ0v) is 19.7. The van der Waals surface area contributed by atoms with Crippen LogP contribution in [-0.2, 0) is 25.7 Å². The average molecular weight is 563 g/mol. The Morgan fingerprint density at radius 2 is 1.83 bits per heavy atom. The summed E-state index contributed by atoms with van der Waals surface area (Å²) in [6.45, 7) is 0.334. The third kappa shape index (κ3) is 9.54. The molecule has 0 aliphatic carbocycles. The quantitative estimate of drug-likeness (QED) is 0.257. The van der Waals surface area contributed by atoms with Gasteiger partial charge in [-0.2, -0.15) is 26.3 Å². The standard InChI is InChI=1S/C20H17ClF6N2O6S/c1-33-6-7-34-14-4-2-12(3-5-17(30)29-36(31,32)11-19(22,23)24)16(9-14)35-18-15(21)8-13(10-28-18)20(25,26)27/h2-5,8-10H,6-7,11H2,1H3,(H,29,30)/b5-3+. The highest BCUT2D eigenvalue weighted by molar-refractivity contribution is 7.90. The van der Waals surface area contributed by atoms with Gasteiger partial charge >= 0.3 is 12.4 Å². The van der Waals surface area contributed by atoms with Crippen molar-refractivity contribution in [2.45, 2.75) is 12.4 Å². The molecule has 0 radical (unpaired) electrons. The molecule has 36 heavy (non-hydrogen) atoms. The summed E-state index contributed by atoms with van der Waals surface area (Å²) in [6.07, 6.45) is -7.69. The fourth-order valence-corrected chi connectivity index (χ4v) is 3.52. The van der Waals surface area contributed by atoms with Crippen molar-refractivity contribution in [3.8, 4) is 17.4 Å². The summed E-state index contributed by atoms with van der Waals surface area (Å²) < 4.78 is 115. The molecule has 1 aromatic carbocycles. The Bertz CT molecular complexity index is 1220. The Kier molecular flexibility index (Phi) is 9.57. The monoisotopic (exact) mass is 562 g/mol. The number of aromatic nitrogens is 1. The van der Waals surface area contributed by atoms with Gasteiger partial charge in [-0.3, -0.25) is 4.79 Å². The normalized spacial score (nSPS) is 12.6. The molecule has 16 heteroatoms. The van der Waals surface area contributed by atoms with Gasteiger partial charge < -0.3 is 14.2 Å². The molecule has 0 fully saturated rings. The van der Waals surface area contributed by atoms with Gasteiger partial charge in [0.1, 0.15) is 23.1 Å². The van der Waals surface area contributed by atoms with E-state index in [1.807, 2.05) is 0 Å². The van der Waals surface area contributed by atoms with Gasteiger partial charge in [0.2, 0.25) is 15.9 Å². The van der Waals surface area contributed by atoms with Crippen LogP contribution in [0.25, 0.3) is 6.08 Å². The van der Waals surface area contributed by atoms with Crippen LogP contribution in [0.3, 0.4) is 0 Å². The summed E-state index contributed by atoms with van der Waals surface area (Å²) >= 11 is 5.86. The van der Waals surface area contributed by atoms with E-state index in [9.17, 15) is 39.6 Å². The summed E-state index contributed by atoms with van der Waals surface area (Å²) in [5.41, 5.74) is -1.08. The minimum absolute atomic E-state index is 0.0511. The smallest absolute Gasteiger partial charge is 0.417 e. The minimum Gasteiger partial charge on any atom is -0.491 e. The van der Waals surface area contributed by atoms with Crippen LogP contribution in [0.5, 0.6) is 17.4 Å². The Labute approximate surface area is 205 Å². The van der Waals surface area contributed by atoms with Crippen molar-refractivity contribution in [1.29, 1.82) is 0 Å². The molecule has 0 aliphatic heterocycles. The Balaban J connectivity index is 2.33. The van der Waals surface area contributed by atoms with E-state index in [1.54, 1.807) is 0 Å². The zero-order chi connectivity index (χ0) is 27.1. The SMILES string of the molecule is COCCOc1ccc(/C=C/C(=O)NS(=O)(=O)CC(F)(F)F)c(Oc2ncc(C(F)(F)F)cc2Cl)c1. The number of methoxy groups -OCH3 is 1. The number of carbonyl (C=O) groups excluding carboxylic acids is 1. The van der Waals surface area contributed by atoms with Crippen LogP contribution >= 0.6 is 11.6 Å². The number of ether oxygens (including phenoxy) is 3. The molecule has 1 amide bonds. The number of carbonyl (C=O) groups is 1. The number of nitrogens with one attached hydrogen (secondary N) is 1. The molecule has 0 atom stereocenters. The number of hydrogen-bond donors (Lipinski definition) is 1. The second-order valence-corrected chi connectivity index (χ2v) is 8.96. The average Bonchev–Trinajstić information content (AvgIpc) is 2.72. The van der Waals surface area contributed by atoms with Crippen molar-refractivity contribution in [3.05, 3.63) is 52.7 Å². The summed E-state index contributed by atoms with van der Waals surface area (Å²) in [7, 11) is -3.57. The first-order chi connectivity index (χ1) is 16.6. The topological polar surface area (TPSA) is 104 Å². The molecule has 2 rings (SSSR count). The molecule has 1 N–H and O–H groups in total. The Morgan fingerprint density at radius 3 is 2.42 bits per heavy atom. The zero-order valence-electron chi connectivity index (χ0n) is 18.1. The molecular formula is C20H17ClF6N2O6S. The number of amides is 1. The Morgan fingerprint density at radius 1 is 1.14 bits per heavy atom. The molecule has 0 aliphatic rings. The van der Waals surface area contributed by atoms with E-state index in [4.69, 9.17) is 25.8 Å². The van der Waals surface area contributed by atoms with Crippen LogP contribution in [0.15, 0.2) is 36.5 Å². The van der Waals surface area contributed by atoms with Gasteiger partial charge in [-0.25, -0.2) is 18.1 Å². The lowest BCUT2D eigenvalue weighted by Gasteiger charge is -2.13. The van der Waals surface area contributed by atoms with Crippen molar-refractivity contribution in [2.24, 2.45) is 0 Å². The number of sulfonamides is 1. The van der Waals surface area contributed by atoms with E-state index in [2.05, 4.69) is 4.98 Å². The van der Waals surface area contributed by atoms with E-state index in [-0.39, 0.29) is 30.3 Å². The maximum atomic E-state index is 12.9. The highest BCUT2D eigenvalue weighted by atomic mass is 35.5. The van der Waals surface area contributed by atoms with E-state index < -0.39 is 50.5 Å². The lowest BCUT2D eigenvalue weighted by molar-refractivity contribution is -0.137. The Hall–Kier alpha value is -3.04. The lowest BCUT2D eigenvalue weighted by Crippen LogP contribution is -2.36. The van der Waals surface area contributed by atoms with E-state index >= 15 is 0 Å². The predicted octanol–water partition coefficient (Wildman–Crippen LogP) is 4.59. The van der Waals surface area contributed by atoms with Crippen molar-refractivity contribution < 1.29 is 53.8 Å². The van der Waals surface area contributed by atoms with Crippen LogP contribution in [0.4, 0.5) is 26.3 Å². The first-order valence-corrected chi connectivity index (χ1v) is 11.6. The van der Waals surface area contributed by atoms with E-state index in [1.165, 1.54) is 30.0 Å². The van der Waals surface area contributed by atoms with E-state index in [0.29, 0.717) is 18.3 Å². The number of hydrogen-bond acceptors (Lipinski definition) is 7. The first kappa shape index (κ1) is 29.2. The molecule has 198 valence electrons. The van der Waals surface area contributed by atoms with Gasteiger partial charge in [0.15, 0.2) is 5.75 Å². The maximum Gasteiger partial charge on any atom is 0.417 e. The molecule has 1 aromatic heterocycles. The number of nitrogens with zero attached hydrogens (tertiary/aromatic N) is 1. The largest absolute Gasteiger partial charge is 0.491 e. The third-order valence-corrected chi connectivity index (χ3v) is 5.40. The molecule has 8 nitrogen and oxygen atoms in total. The molecule has 0 bridgehead atoms. The lowest BCUT2D eigenvalue weighted by atomic mass is 10.1. The van der Waals surface area contributed by atoms with Crippen LogP contribution in [-0.4, -0.2) is 51.6 Å². The van der Waals surface area contributed by atoms with Gasteiger partial charge in [0.25, 0.3) is 5.91 Å². The van der Waals surface area contributed by atoms with Crippen molar-refractivity contribution in [1.82, 2.24) is 9.71 Å². The van der Waals surface area contributed by atoms with Crippen LogP contribution < -0.4 is 14.2 Å². The number of rotatable bonds is 10. The number of alkyl halides is 6. The minimum atomic E-state index is -5.07. The highest BCUT2D eigenvalue weighted by Crippen LogP contribution is 2.36. The fraction of sp³-hybridized carbons (Fsp3) is 0.300. The summed E-state index contributed by atoms with van der Waals surface area (Å²) in [6, 6.07) is 4.58. The second kappa shape index (κ2) is 11.8. The van der Waals surface area contributed by atoms with Gasteiger partial charge in [-0.15, -0.1) is 0 Å². The van der Waals surface area contributed by atoms with Crippen LogP contribution in [0.2, 0.25) is 5.02 Å². The van der Waals surface area contributed by atoms with Crippen molar-refractivity contribution in [2.75, 3.05) is 26.1 Å². The van der Waals surface area contributed by atoms with Gasteiger partial charge in [-0.1, -0.05) is 11.6 Å². The van der Waals surface area contributed by atoms with Crippen LogP contribution in [0, 0.1) is 0 Å². The summed E-state index contributed by atoms with van der Waals surface area (Å²) in [5.74, 6) is -4.03. The fourth-order valence-electron chi connectivity index (χ4n) is 2.44. The van der Waals surface area contributed by atoms with E-state index in [0.717, 1.165) is 6.08 Å². The summed E-state index contributed by atoms with van der Waals surface area (Å²) in [5, 5.41) is -0.499. The van der Waals surface area contributed by atoms with Crippen LogP contribution in [0.1, 0.15) is 11.1 Å². The molecular weight excluding hydrogens is 546 g/mol. The molecule has 0 saturated carbocycles. The molecule has 0 unspecified atom stereocenters. The number of halogens is 7. The van der Waals surface area contributed by atoms with Crippen molar-refractivity contribution >= 4 is 33.6 Å². The molecule has 2 aromatic rings. The first-order valence-electron chi connectivity index (χ1n) is 9.55. The van der Waals surface area contributed by atoms with Gasteiger partial charge in [-0.05, 0) is 24.3 Å².